The number of aromatic hydroxyl groups is 1. The maximum Gasteiger partial charge on any atom is 0.408 e. The van der Waals surface area contributed by atoms with Crippen molar-refractivity contribution >= 4 is 36.5 Å². The van der Waals surface area contributed by atoms with Gasteiger partial charge in [0, 0.05) is 23.9 Å². The summed E-state index contributed by atoms with van der Waals surface area (Å²) in [5.74, 6) is -1.43. The van der Waals surface area contributed by atoms with E-state index in [2.05, 4.69) is 37.1 Å². The lowest BCUT2D eigenvalue weighted by Crippen LogP contribution is -2.56. The first kappa shape index (κ1) is 35.1. The number of carbonyl (C=O) groups is 4. The number of esters is 1. The van der Waals surface area contributed by atoms with E-state index in [9.17, 15) is 24.3 Å². The fourth-order valence-electron chi connectivity index (χ4n) is 4.07. The highest BCUT2D eigenvalue weighted by Gasteiger charge is 2.39. The number of rotatable bonds is 14. The van der Waals surface area contributed by atoms with Gasteiger partial charge in [-0.3, -0.25) is 14.4 Å². The van der Waals surface area contributed by atoms with Gasteiger partial charge in [0.2, 0.25) is 11.8 Å². The quantitative estimate of drug-likeness (QED) is 0.190. The molecule has 3 atom stereocenters. The average Bonchev–Trinajstić information content (AvgIpc) is 2.85. The van der Waals surface area contributed by atoms with Crippen LogP contribution in [0.4, 0.5) is 4.79 Å². The summed E-state index contributed by atoms with van der Waals surface area (Å²) in [7, 11) is 0. The Morgan fingerprint density at radius 3 is 2.30 bits per heavy atom. The summed E-state index contributed by atoms with van der Waals surface area (Å²) in [5.41, 5.74) is -0.0250. The summed E-state index contributed by atoms with van der Waals surface area (Å²) in [4.78, 5) is 53.7. The van der Waals surface area contributed by atoms with Crippen molar-refractivity contribution in [3.63, 3.8) is 0 Å². The Morgan fingerprint density at radius 1 is 1.10 bits per heavy atom. The van der Waals surface area contributed by atoms with Gasteiger partial charge in [-0.05, 0) is 65.9 Å². The number of thiol groups is 1. The molecule has 3 N–H and O–H groups in total. The van der Waals surface area contributed by atoms with E-state index >= 15 is 0 Å². The summed E-state index contributed by atoms with van der Waals surface area (Å²) in [6.07, 6.45) is 0.493. The first-order valence-electron chi connectivity index (χ1n) is 13.8. The van der Waals surface area contributed by atoms with Crippen molar-refractivity contribution in [1.82, 2.24) is 15.5 Å². The lowest BCUT2D eigenvalue weighted by Gasteiger charge is -2.39. The molecule has 0 radical (unpaired) electrons. The molecule has 40 heavy (non-hydrogen) atoms. The van der Waals surface area contributed by atoms with Crippen molar-refractivity contribution in [1.29, 1.82) is 0 Å². The predicted molar refractivity (Wildman–Crippen MR) is 157 cm³/mol. The minimum Gasteiger partial charge on any atom is -0.507 e. The van der Waals surface area contributed by atoms with Gasteiger partial charge in [-0.25, -0.2) is 4.79 Å². The van der Waals surface area contributed by atoms with Gasteiger partial charge in [0.05, 0.1) is 13.0 Å². The topological polar surface area (TPSA) is 134 Å². The molecule has 226 valence electrons. The van der Waals surface area contributed by atoms with Crippen molar-refractivity contribution in [2.45, 2.75) is 98.4 Å². The number of hydrogen-bond donors (Lipinski definition) is 4. The zero-order chi connectivity index (χ0) is 30.6. The molecule has 0 saturated carbocycles. The van der Waals surface area contributed by atoms with Crippen LogP contribution in [0.2, 0.25) is 0 Å². The zero-order valence-corrected chi connectivity index (χ0v) is 26.0. The lowest BCUT2D eigenvalue weighted by molar-refractivity contribution is -0.145. The van der Waals surface area contributed by atoms with Gasteiger partial charge in [-0.1, -0.05) is 32.0 Å². The first-order chi connectivity index (χ1) is 18.6. The van der Waals surface area contributed by atoms with Gasteiger partial charge in [0.15, 0.2) is 0 Å². The summed E-state index contributed by atoms with van der Waals surface area (Å²) >= 11 is 4.31. The Bertz CT molecular complexity index is 1010. The maximum absolute atomic E-state index is 14.1. The molecule has 0 heterocycles. The van der Waals surface area contributed by atoms with E-state index < -0.39 is 47.6 Å². The normalized spacial score (nSPS) is 13.7. The number of benzene rings is 1. The van der Waals surface area contributed by atoms with Crippen molar-refractivity contribution in [2.75, 3.05) is 18.9 Å². The standard InChI is InChI=1S/C29H47N3O7S/c1-9-38-23(33)15-16-30-26(35)24(21-12-10-11-19(4)25(21)34)32(20(5)14-13-18(2)3)27(36)22(17-40)31-28(37)39-29(6,7)8/h10-12,18,20,22,24,34,40H,9,13-17H2,1-8H3,(H,30,35)(H,31,37). The number of alkyl carbamates (subject to hydrolysis) is 1. The fourth-order valence-corrected chi connectivity index (χ4v) is 4.31. The van der Waals surface area contributed by atoms with Crippen molar-refractivity contribution in [3.05, 3.63) is 29.3 Å². The van der Waals surface area contributed by atoms with Crippen LogP contribution < -0.4 is 10.6 Å². The van der Waals surface area contributed by atoms with Crippen LogP contribution >= 0.6 is 12.6 Å². The largest absolute Gasteiger partial charge is 0.507 e. The number of ether oxygens (including phenoxy) is 2. The van der Waals surface area contributed by atoms with E-state index in [1.54, 1.807) is 52.8 Å². The van der Waals surface area contributed by atoms with Gasteiger partial charge < -0.3 is 30.1 Å². The van der Waals surface area contributed by atoms with E-state index in [4.69, 9.17) is 9.47 Å². The second kappa shape index (κ2) is 16.3. The molecule has 0 bridgehead atoms. The molecule has 1 rings (SSSR count). The Balaban J connectivity index is 3.55. The van der Waals surface area contributed by atoms with Crippen LogP contribution in [0.15, 0.2) is 18.2 Å². The molecule has 0 fully saturated rings. The first-order valence-corrected chi connectivity index (χ1v) is 14.4. The van der Waals surface area contributed by atoms with Gasteiger partial charge >= 0.3 is 12.1 Å². The number of nitrogens with zero attached hydrogens (tertiary/aromatic N) is 1. The molecule has 0 aromatic heterocycles. The summed E-state index contributed by atoms with van der Waals surface area (Å²) in [5, 5.41) is 16.3. The number of phenols is 1. The van der Waals surface area contributed by atoms with Crippen LogP contribution in [0.25, 0.3) is 0 Å². The second-order valence-electron chi connectivity index (χ2n) is 11.2. The second-order valence-corrected chi connectivity index (χ2v) is 11.6. The summed E-state index contributed by atoms with van der Waals surface area (Å²) in [6.45, 7) is 14.7. The Kier molecular flexibility index (Phi) is 14.3. The summed E-state index contributed by atoms with van der Waals surface area (Å²) < 4.78 is 10.3. The molecule has 0 spiro atoms. The molecular weight excluding hydrogens is 534 g/mol. The highest BCUT2D eigenvalue weighted by Crippen LogP contribution is 2.34. The predicted octanol–water partition coefficient (Wildman–Crippen LogP) is 4.29. The SMILES string of the molecule is CCOC(=O)CCNC(=O)C(c1cccc(C)c1O)N(C(=O)C(CS)NC(=O)OC(C)(C)C)C(C)CCC(C)C. The molecule has 1 aromatic rings. The van der Waals surface area contributed by atoms with E-state index in [1.165, 1.54) is 4.90 Å². The number of carbonyl (C=O) groups excluding carboxylic acids is 4. The third kappa shape index (κ3) is 11.3. The van der Waals surface area contributed by atoms with E-state index in [0.29, 0.717) is 17.9 Å². The molecular formula is C29H47N3O7S. The maximum atomic E-state index is 14.1. The fraction of sp³-hybridized carbons (Fsp3) is 0.655. The third-order valence-electron chi connectivity index (χ3n) is 6.09. The number of nitrogens with one attached hydrogen (secondary N) is 2. The van der Waals surface area contributed by atoms with Crippen LogP contribution in [0.1, 0.15) is 84.9 Å². The third-order valence-corrected chi connectivity index (χ3v) is 6.45. The zero-order valence-electron chi connectivity index (χ0n) is 25.1. The molecule has 10 nitrogen and oxygen atoms in total. The van der Waals surface area contributed by atoms with Gasteiger partial charge in [0.1, 0.15) is 23.4 Å². The Hall–Kier alpha value is -2.95. The molecule has 0 saturated heterocycles. The van der Waals surface area contributed by atoms with Crippen LogP contribution in [0.5, 0.6) is 5.75 Å². The molecule has 11 heteroatoms. The van der Waals surface area contributed by atoms with E-state index in [1.807, 2.05) is 6.92 Å². The molecule has 1 aromatic carbocycles. The minimum atomic E-state index is -1.25. The molecule has 0 aliphatic carbocycles. The molecule has 0 aliphatic rings. The Labute approximate surface area is 244 Å². The van der Waals surface area contributed by atoms with E-state index in [-0.39, 0.29) is 36.6 Å². The van der Waals surface area contributed by atoms with Crippen LogP contribution in [0, 0.1) is 12.8 Å². The van der Waals surface area contributed by atoms with Crippen molar-refractivity contribution in [3.8, 4) is 5.75 Å². The minimum absolute atomic E-state index is 0.0185. The van der Waals surface area contributed by atoms with Crippen LogP contribution in [-0.2, 0) is 23.9 Å². The highest BCUT2D eigenvalue weighted by molar-refractivity contribution is 7.80. The average molecular weight is 582 g/mol. The Morgan fingerprint density at radius 2 is 1.75 bits per heavy atom. The van der Waals surface area contributed by atoms with E-state index in [0.717, 1.165) is 6.42 Å². The van der Waals surface area contributed by atoms with Gasteiger partial charge in [0.25, 0.3) is 0 Å². The number of phenolic OH excluding ortho intramolecular Hbond substituents is 1. The number of para-hydroxylation sites is 1. The monoisotopic (exact) mass is 581 g/mol. The van der Waals surface area contributed by atoms with Crippen LogP contribution in [0.3, 0.4) is 0 Å². The molecule has 3 amide bonds. The lowest BCUT2D eigenvalue weighted by atomic mass is 9.95. The number of amides is 3. The molecule has 3 unspecified atom stereocenters. The van der Waals surface area contributed by atoms with Crippen molar-refractivity contribution in [2.24, 2.45) is 5.92 Å². The van der Waals surface area contributed by atoms with Crippen molar-refractivity contribution < 1.29 is 33.8 Å². The number of hydrogen-bond acceptors (Lipinski definition) is 8. The summed E-state index contributed by atoms with van der Waals surface area (Å²) in [6, 6.07) is 2.16. The van der Waals surface area contributed by atoms with Crippen LogP contribution in [-0.4, -0.2) is 70.5 Å². The van der Waals surface area contributed by atoms with Gasteiger partial charge in [-0.15, -0.1) is 0 Å². The smallest absolute Gasteiger partial charge is 0.408 e. The van der Waals surface area contributed by atoms with Gasteiger partial charge in [-0.2, -0.15) is 12.6 Å². The highest BCUT2D eigenvalue weighted by atomic mass is 32.1. The molecule has 0 aliphatic heterocycles. The number of aryl methyl sites for hydroxylation is 1.